The number of carbonyl (C=O) groups is 3. The largest absolute Gasteiger partial charge is 0.462 e. The molecule has 1 unspecified atom stereocenters. The quantitative estimate of drug-likeness (QED) is 0.0261. The summed E-state index contributed by atoms with van der Waals surface area (Å²) in [6, 6.07) is 0. The van der Waals surface area contributed by atoms with Gasteiger partial charge in [-0.15, -0.1) is 0 Å². The molecule has 0 saturated heterocycles. The van der Waals surface area contributed by atoms with Crippen LogP contribution in [0.15, 0.2) is 85.1 Å². The minimum Gasteiger partial charge on any atom is -0.462 e. The van der Waals surface area contributed by atoms with Crippen LogP contribution in [0.3, 0.4) is 0 Å². The third kappa shape index (κ3) is 55.5. The van der Waals surface area contributed by atoms with Gasteiger partial charge in [0.05, 0.1) is 0 Å². The topological polar surface area (TPSA) is 78.9 Å². The Morgan fingerprint density at radius 1 is 0.300 bits per heavy atom. The molecule has 6 nitrogen and oxygen atoms in total. The van der Waals surface area contributed by atoms with Gasteiger partial charge in [-0.05, 0) is 77.0 Å². The molecule has 0 fully saturated rings. The summed E-state index contributed by atoms with van der Waals surface area (Å²) in [6.07, 6.45) is 76.1. The van der Waals surface area contributed by atoms with Crippen LogP contribution in [0.5, 0.6) is 0 Å². The zero-order valence-corrected chi connectivity index (χ0v) is 46.0. The number of rotatable bonds is 53. The molecular formula is C64H110O6. The van der Waals surface area contributed by atoms with Gasteiger partial charge < -0.3 is 14.2 Å². The molecule has 0 spiro atoms. The van der Waals surface area contributed by atoms with E-state index in [0.717, 1.165) is 109 Å². The average molecular weight is 976 g/mol. The highest BCUT2D eigenvalue weighted by atomic mass is 16.6. The van der Waals surface area contributed by atoms with E-state index in [9.17, 15) is 14.4 Å². The van der Waals surface area contributed by atoms with Crippen LogP contribution in [0.1, 0.15) is 284 Å². The van der Waals surface area contributed by atoms with E-state index in [1.807, 2.05) is 0 Å². The minimum atomic E-state index is -0.776. The third-order valence-corrected chi connectivity index (χ3v) is 12.7. The number of hydrogen-bond acceptors (Lipinski definition) is 6. The first kappa shape index (κ1) is 66.6. The molecular weight excluding hydrogens is 865 g/mol. The number of ether oxygens (including phenoxy) is 3. The summed E-state index contributed by atoms with van der Waals surface area (Å²) in [6.45, 7) is 6.48. The van der Waals surface area contributed by atoms with Crippen LogP contribution in [0.25, 0.3) is 0 Å². The molecule has 1 atom stereocenters. The smallest absolute Gasteiger partial charge is 0.306 e. The summed E-state index contributed by atoms with van der Waals surface area (Å²) < 4.78 is 16.8. The van der Waals surface area contributed by atoms with E-state index in [0.29, 0.717) is 19.3 Å². The highest BCUT2D eigenvalue weighted by Crippen LogP contribution is 2.16. The molecule has 0 amide bonds. The minimum absolute atomic E-state index is 0.0774. The Labute approximate surface area is 433 Å². The van der Waals surface area contributed by atoms with Crippen molar-refractivity contribution in [3.8, 4) is 0 Å². The summed E-state index contributed by atoms with van der Waals surface area (Å²) in [5.74, 6) is -0.890. The van der Waals surface area contributed by atoms with Crippen LogP contribution < -0.4 is 0 Å². The first-order chi connectivity index (χ1) is 34.5. The second-order valence-corrected chi connectivity index (χ2v) is 19.5. The monoisotopic (exact) mass is 975 g/mol. The van der Waals surface area contributed by atoms with Gasteiger partial charge in [0.15, 0.2) is 6.10 Å². The van der Waals surface area contributed by atoms with Crippen LogP contribution in [-0.2, 0) is 28.6 Å². The maximum Gasteiger partial charge on any atom is 0.306 e. The average Bonchev–Trinajstić information content (AvgIpc) is 3.36. The predicted octanol–water partition coefficient (Wildman–Crippen LogP) is 19.9. The van der Waals surface area contributed by atoms with Crippen molar-refractivity contribution in [2.45, 2.75) is 290 Å². The SMILES string of the molecule is CC/C=C\C/C=C\C/C=C\C/C=C\C/C=C\C/C=C\C/C=C\CCCCCCCCCC(=O)OCC(COC(=O)CCCCCCCC)OC(=O)CCCCCCCCCCCCCCCCCCC. The maximum absolute atomic E-state index is 12.8. The first-order valence-electron chi connectivity index (χ1n) is 29.6. The van der Waals surface area contributed by atoms with Crippen molar-refractivity contribution >= 4 is 17.9 Å². The second-order valence-electron chi connectivity index (χ2n) is 19.5. The molecule has 0 heterocycles. The second kappa shape index (κ2) is 58.2. The van der Waals surface area contributed by atoms with E-state index >= 15 is 0 Å². The van der Waals surface area contributed by atoms with Crippen molar-refractivity contribution < 1.29 is 28.6 Å². The number of unbranched alkanes of at least 4 members (excludes halogenated alkanes) is 28. The van der Waals surface area contributed by atoms with Crippen molar-refractivity contribution in [3.63, 3.8) is 0 Å². The van der Waals surface area contributed by atoms with Crippen LogP contribution >= 0.6 is 0 Å². The van der Waals surface area contributed by atoms with Crippen molar-refractivity contribution in [1.29, 1.82) is 0 Å². The van der Waals surface area contributed by atoms with Crippen LogP contribution in [-0.4, -0.2) is 37.2 Å². The Hall–Kier alpha value is -3.41. The Balaban J connectivity index is 4.14. The van der Waals surface area contributed by atoms with Crippen molar-refractivity contribution in [2.24, 2.45) is 0 Å². The summed E-state index contributed by atoms with van der Waals surface area (Å²) in [5.41, 5.74) is 0. The maximum atomic E-state index is 12.8. The first-order valence-corrected chi connectivity index (χ1v) is 29.6. The molecule has 0 aromatic heterocycles. The van der Waals surface area contributed by atoms with Gasteiger partial charge in [0, 0.05) is 19.3 Å². The Morgan fingerprint density at radius 2 is 0.557 bits per heavy atom. The summed E-state index contributed by atoms with van der Waals surface area (Å²) in [5, 5.41) is 0. The van der Waals surface area contributed by atoms with Gasteiger partial charge in [0.1, 0.15) is 13.2 Å². The van der Waals surface area contributed by atoms with Crippen molar-refractivity contribution in [3.05, 3.63) is 85.1 Å². The van der Waals surface area contributed by atoms with Gasteiger partial charge in [0.2, 0.25) is 0 Å². The zero-order chi connectivity index (χ0) is 50.7. The molecule has 0 bridgehead atoms. The molecule has 0 aliphatic rings. The van der Waals surface area contributed by atoms with E-state index in [1.165, 1.54) is 135 Å². The van der Waals surface area contributed by atoms with Gasteiger partial charge in [-0.25, -0.2) is 0 Å². The molecule has 0 aliphatic carbocycles. The highest BCUT2D eigenvalue weighted by molar-refractivity contribution is 5.71. The fourth-order valence-corrected chi connectivity index (χ4v) is 8.25. The molecule has 0 aromatic rings. The van der Waals surface area contributed by atoms with E-state index in [1.54, 1.807) is 0 Å². The van der Waals surface area contributed by atoms with Gasteiger partial charge >= 0.3 is 17.9 Å². The van der Waals surface area contributed by atoms with Crippen molar-refractivity contribution in [2.75, 3.05) is 13.2 Å². The standard InChI is InChI=1S/C64H110O6/c1-4-7-10-13-16-18-20-22-24-26-27-28-29-30-31-32-33-34-35-36-37-39-40-42-44-46-48-51-54-57-63(66)69-60-61(59-68-62(65)56-53-50-15-12-9-6-3)70-64(67)58-55-52-49-47-45-43-41-38-25-23-21-19-17-14-11-8-5-2/h7,10,16,18,22,24,27-28,30-31,33-34,36-37,61H,4-6,8-9,11-15,17,19-21,23,25-26,29,32,35,38-60H2,1-3H3/b10-7-,18-16-,24-22-,28-27-,31-30-,34-33-,37-36-. The van der Waals surface area contributed by atoms with E-state index in [2.05, 4.69) is 106 Å². The molecule has 70 heavy (non-hydrogen) atoms. The van der Waals surface area contributed by atoms with E-state index in [-0.39, 0.29) is 31.1 Å². The van der Waals surface area contributed by atoms with Gasteiger partial charge in [-0.1, -0.05) is 273 Å². The normalized spacial score (nSPS) is 12.7. The summed E-state index contributed by atoms with van der Waals surface area (Å²) in [7, 11) is 0. The molecule has 402 valence electrons. The molecule has 0 N–H and O–H groups in total. The molecule has 0 rings (SSSR count). The number of allylic oxidation sites excluding steroid dienone is 14. The van der Waals surface area contributed by atoms with Crippen LogP contribution in [0.4, 0.5) is 0 Å². The fraction of sp³-hybridized carbons (Fsp3) is 0.734. The molecule has 0 saturated carbocycles. The lowest BCUT2D eigenvalue weighted by atomic mass is 10.0. The molecule has 0 radical (unpaired) electrons. The number of esters is 3. The molecule has 0 aromatic carbocycles. The molecule has 6 heteroatoms. The van der Waals surface area contributed by atoms with E-state index < -0.39 is 6.10 Å². The lowest BCUT2D eigenvalue weighted by Crippen LogP contribution is -2.30. The lowest BCUT2D eigenvalue weighted by molar-refractivity contribution is -0.167. The van der Waals surface area contributed by atoms with Crippen molar-refractivity contribution in [1.82, 2.24) is 0 Å². The predicted molar refractivity (Wildman–Crippen MR) is 302 cm³/mol. The Morgan fingerprint density at radius 3 is 0.871 bits per heavy atom. The van der Waals surface area contributed by atoms with Crippen LogP contribution in [0.2, 0.25) is 0 Å². The van der Waals surface area contributed by atoms with Gasteiger partial charge in [-0.2, -0.15) is 0 Å². The third-order valence-electron chi connectivity index (χ3n) is 12.7. The number of carbonyl (C=O) groups excluding carboxylic acids is 3. The summed E-state index contributed by atoms with van der Waals surface area (Å²) >= 11 is 0. The number of hydrogen-bond donors (Lipinski definition) is 0. The fourth-order valence-electron chi connectivity index (χ4n) is 8.25. The Kier molecular flexibility index (Phi) is 55.3. The Bertz CT molecular complexity index is 1350. The van der Waals surface area contributed by atoms with Gasteiger partial charge in [-0.3, -0.25) is 14.4 Å². The zero-order valence-electron chi connectivity index (χ0n) is 46.0. The summed E-state index contributed by atoms with van der Waals surface area (Å²) in [4.78, 5) is 37.9. The molecule has 0 aliphatic heterocycles. The lowest BCUT2D eigenvalue weighted by Gasteiger charge is -2.18. The highest BCUT2D eigenvalue weighted by Gasteiger charge is 2.19. The van der Waals surface area contributed by atoms with Crippen LogP contribution in [0, 0.1) is 0 Å². The van der Waals surface area contributed by atoms with E-state index in [4.69, 9.17) is 14.2 Å². The van der Waals surface area contributed by atoms with Gasteiger partial charge in [0.25, 0.3) is 0 Å².